The summed E-state index contributed by atoms with van der Waals surface area (Å²) in [7, 11) is 0. The molecule has 2 aromatic carbocycles. The van der Waals surface area contributed by atoms with Gasteiger partial charge in [0.2, 0.25) is 0 Å². The van der Waals surface area contributed by atoms with E-state index in [9.17, 15) is 9.50 Å². The van der Waals surface area contributed by atoms with Gasteiger partial charge in [-0.3, -0.25) is 0 Å². The van der Waals surface area contributed by atoms with Gasteiger partial charge in [-0.1, -0.05) is 55.6 Å². The van der Waals surface area contributed by atoms with Crippen molar-refractivity contribution in [2.75, 3.05) is 0 Å². The minimum Gasteiger partial charge on any atom is -0.384 e. The lowest BCUT2D eigenvalue weighted by molar-refractivity contribution is 0.214. The fraction of sp³-hybridized carbons (Fsp3) is 0.0769. The first kappa shape index (κ1) is 14.0. The number of halogens is 4. The van der Waals surface area contributed by atoms with E-state index in [4.69, 9.17) is 11.6 Å². The highest BCUT2D eigenvalue weighted by Gasteiger charge is 2.17. The van der Waals surface area contributed by atoms with Gasteiger partial charge in [0, 0.05) is 19.5 Å². The zero-order chi connectivity index (χ0) is 13.3. The Balaban J connectivity index is 2.44. The highest BCUT2D eigenvalue weighted by Crippen LogP contribution is 2.32. The van der Waals surface area contributed by atoms with E-state index in [2.05, 4.69) is 31.9 Å². The van der Waals surface area contributed by atoms with Crippen LogP contribution in [0.1, 0.15) is 17.2 Å². The summed E-state index contributed by atoms with van der Waals surface area (Å²) >= 11 is 12.4. The van der Waals surface area contributed by atoms with Crippen LogP contribution in [0.2, 0.25) is 5.02 Å². The van der Waals surface area contributed by atoms with Crippen molar-refractivity contribution < 1.29 is 9.50 Å². The molecule has 0 aromatic heterocycles. The number of aliphatic hydroxyl groups excluding tert-OH is 1. The van der Waals surface area contributed by atoms with Gasteiger partial charge in [-0.2, -0.15) is 0 Å². The molecule has 0 bridgehead atoms. The van der Waals surface area contributed by atoms with Crippen LogP contribution in [0, 0.1) is 5.82 Å². The third-order valence-electron chi connectivity index (χ3n) is 2.51. The highest BCUT2D eigenvalue weighted by atomic mass is 79.9. The van der Waals surface area contributed by atoms with Gasteiger partial charge in [0.15, 0.2) is 0 Å². The maximum absolute atomic E-state index is 13.7. The Morgan fingerprint density at radius 3 is 2.33 bits per heavy atom. The molecule has 94 valence electrons. The topological polar surface area (TPSA) is 20.2 Å². The van der Waals surface area contributed by atoms with Crippen LogP contribution in [0.3, 0.4) is 0 Å². The summed E-state index contributed by atoms with van der Waals surface area (Å²) in [6.07, 6.45) is -1.04. The first-order valence-electron chi connectivity index (χ1n) is 5.07. The second-order valence-corrected chi connectivity index (χ2v) is 5.94. The van der Waals surface area contributed by atoms with Gasteiger partial charge in [-0.25, -0.2) is 4.39 Å². The van der Waals surface area contributed by atoms with E-state index in [-0.39, 0.29) is 5.56 Å². The van der Waals surface area contributed by atoms with Crippen molar-refractivity contribution >= 4 is 43.5 Å². The molecule has 2 aromatic rings. The van der Waals surface area contributed by atoms with E-state index in [1.54, 1.807) is 24.3 Å². The second-order valence-electron chi connectivity index (χ2n) is 3.73. The largest absolute Gasteiger partial charge is 0.384 e. The van der Waals surface area contributed by atoms with Crippen LogP contribution >= 0.6 is 43.5 Å². The minimum atomic E-state index is -1.04. The summed E-state index contributed by atoms with van der Waals surface area (Å²) in [5.41, 5.74) is 0.793. The van der Waals surface area contributed by atoms with E-state index in [0.717, 1.165) is 4.47 Å². The minimum absolute atomic E-state index is 0.197. The number of aliphatic hydroxyl groups is 1. The molecule has 0 heterocycles. The summed E-state index contributed by atoms with van der Waals surface area (Å²) in [6, 6.07) is 9.54. The van der Waals surface area contributed by atoms with Gasteiger partial charge in [0.25, 0.3) is 0 Å². The van der Waals surface area contributed by atoms with Crippen LogP contribution in [-0.4, -0.2) is 5.11 Å². The van der Waals surface area contributed by atoms with Crippen molar-refractivity contribution in [2.24, 2.45) is 0 Å². The van der Waals surface area contributed by atoms with Gasteiger partial charge < -0.3 is 5.11 Å². The molecule has 1 unspecified atom stereocenters. The molecule has 0 aliphatic carbocycles. The molecule has 0 amide bonds. The van der Waals surface area contributed by atoms with Crippen LogP contribution < -0.4 is 0 Å². The van der Waals surface area contributed by atoms with Gasteiger partial charge in [-0.05, 0) is 29.8 Å². The van der Waals surface area contributed by atoms with E-state index in [1.165, 1.54) is 12.1 Å². The van der Waals surface area contributed by atoms with E-state index in [1.807, 2.05) is 0 Å². The fourth-order valence-corrected chi connectivity index (χ4v) is 3.04. The van der Waals surface area contributed by atoms with Gasteiger partial charge in [0.1, 0.15) is 11.9 Å². The van der Waals surface area contributed by atoms with Crippen LogP contribution in [-0.2, 0) is 0 Å². The lowest BCUT2D eigenvalue weighted by atomic mass is 10.0. The molecule has 0 radical (unpaired) electrons. The van der Waals surface area contributed by atoms with Gasteiger partial charge in [-0.15, -0.1) is 0 Å². The Morgan fingerprint density at radius 1 is 1.06 bits per heavy atom. The fourth-order valence-electron chi connectivity index (χ4n) is 1.61. The predicted octanol–water partition coefficient (Wildman–Crippen LogP) is 5.09. The highest BCUT2D eigenvalue weighted by molar-refractivity contribution is 9.11. The molecule has 1 nitrogen and oxygen atoms in total. The quantitative estimate of drug-likeness (QED) is 0.753. The number of rotatable bonds is 2. The SMILES string of the molecule is OC(c1ccc(Cl)cc1F)c1ccc(Br)cc1Br. The van der Waals surface area contributed by atoms with E-state index >= 15 is 0 Å². The number of hydrogen-bond acceptors (Lipinski definition) is 1. The van der Waals surface area contributed by atoms with Crippen molar-refractivity contribution in [3.05, 3.63) is 67.3 Å². The summed E-state index contributed by atoms with van der Waals surface area (Å²) in [6.45, 7) is 0. The Kier molecular flexibility index (Phi) is 4.43. The maximum Gasteiger partial charge on any atom is 0.130 e. The zero-order valence-corrected chi connectivity index (χ0v) is 12.9. The van der Waals surface area contributed by atoms with Crippen molar-refractivity contribution in [3.63, 3.8) is 0 Å². The molecule has 0 spiro atoms. The number of benzene rings is 2. The van der Waals surface area contributed by atoms with E-state index < -0.39 is 11.9 Å². The maximum atomic E-state index is 13.7. The third kappa shape index (κ3) is 2.94. The standard InChI is InChI=1S/C13H8Br2ClFO/c14-7-1-3-9(11(15)5-7)13(18)10-4-2-8(16)6-12(10)17/h1-6,13,18H. The van der Waals surface area contributed by atoms with Crippen LogP contribution in [0.5, 0.6) is 0 Å². The molecule has 0 saturated heterocycles. The van der Waals surface area contributed by atoms with E-state index in [0.29, 0.717) is 15.1 Å². The Morgan fingerprint density at radius 2 is 1.72 bits per heavy atom. The molecule has 0 saturated carbocycles. The third-order valence-corrected chi connectivity index (χ3v) is 3.93. The summed E-state index contributed by atoms with van der Waals surface area (Å²) < 4.78 is 15.3. The van der Waals surface area contributed by atoms with Crippen molar-refractivity contribution in [3.8, 4) is 0 Å². The zero-order valence-electron chi connectivity index (χ0n) is 9.00. The summed E-state index contributed by atoms with van der Waals surface area (Å²) in [5, 5.41) is 10.5. The second kappa shape index (κ2) is 5.70. The monoisotopic (exact) mass is 392 g/mol. The Hall–Kier alpha value is -0.420. The summed E-state index contributed by atoms with van der Waals surface area (Å²) in [5.74, 6) is -0.523. The molecular weight excluding hydrogens is 386 g/mol. The molecule has 2 rings (SSSR count). The van der Waals surface area contributed by atoms with Crippen LogP contribution in [0.25, 0.3) is 0 Å². The number of hydrogen-bond donors (Lipinski definition) is 1. The van der Waals surface area contributed by atoms with Gasteiger partial charge in [0.05, 0.1) is 0 Å². The molecule has 1 N–H and O–H groups in total. The molecule has 0 aliphatic heterocycles. The summed E-state index contributed by atoms with van der Waals surface area (Å²) in [4.78, 5) is 0. The molecule has 0 aliphatic rings. The first-order valence-corrected chi connectivity index (χ1v) is 7.03. The molecular formula is C13H8Br2ClFO. The first-order chi connectivity index (χ1) is 8.49. The van der Waals surface area contributed by atoms with Gasteiger partial charge >= 0.3 is 0 Å². The van der Waals surface area contributed by atoms with Crippen molar-refractivity contribution in [1.29, 1.82) is 0 Å². The normalized spacial score (nSPS) is 12.5. The molecule has 18 heavy (non-hydrogen) atoms. The average molecular weight is 394 g/mol. The molecule has 0 fully saturated rings. The molecule has 1 atom stereocenters. The Labute approximate surface area is 126 Å². The van der Waals surface area contributed by atoms with Crippen molar-refractivity contribution in [2.45, 2.75) is 6.10 Å². The lowest BCUT2D eigenvalue weighted by Crippen LogP contribution is -2.03. The average Bonchev–Trinajstić information content (AvgIpc) is 2.28. The predicted molar refractivity (Wildman–Crippen MR) is 77.3 cm³/mol. The lowest BCUT2D eigenvalue weighted by Gasteiger charge is -2.14. The van der Waals surface area contributed by atoms with Crippen LogP contribution in [0.4, 0.5) is 4.39 Å². The molecule has 5 heteroatoms. The smallest absolute Gasteiger partial charge is 0.130 e. The van der Waals surface area contributed by atoms with Crippen molar-refractivity contribution in [1.82, 2.24) is 0 Å². The Bertz CT molecular complexity index is 538. The van der Waals surface area contributed by atoms with Crippen LogP contribution in [0.15, 0.2) is 45.3 Å².